The van der Waals surface area contributed by atoms with Crippen molar-refractivity contribution in [3.8, 4) is 0 Å². The van der Waals surface area contributed by atoms with Gasteiger partial charge in [-0.25, -0.2) is 4.79 Å². The smallest absolute Gasteiger partial charge is 0.431 e. The molecule has 2 aliphatic carbocycles. The Bertz CT molecular complexity index is 1840. The SMILES string of the molecule is CC1=C(/C=C/C(C)=C/C=C/C(C)=C/C=C/C=C(I)/C=C/C=C(C)/C=C/C2=C(C)C(=O)C(OC(=O)OCC(O)C(O)C(O)C(O)CO)CC2(C)C)C(C)(C)CC(O)C1=O. The van der Waals surface area contributed by atoms with Gasteiger partial charge in [-0.15, -0.1) is 0 Å². The molecule has 0 saturated heterocycles. The van der Waals surface area contributed by atoms with Crippen molar-refractivity contribution in [1.82, 2.24) is 0 Å². The van der Waals surface area contributed by atoms with Gasteiger partial charge in [0.2, 0.25) is 0 Å². The Labute approximate surface area is 356 Å². The molecule has 12 heteroatoms. The van der Waals surface area contributed by atoms with Crippen LogP contribution in [0.5, 0.6) is 0 Å². The van der Waals surface area contributed by atoms with E-state index in [0.717, 1.165) is 31.4 Å². The second-order valence-corrected chi connectivity index (χ2v) is 17.3. The molecule has 0 aromatic carbocycles. The lowest BCUT2D eigenvalue weighted by atomic mass is 9.71. The number of Topliss-reactive ketones (excluding diaryl/α,β-unsaturated/α-hetero) is 2. The van der Waals surface area contributed by atoms with E-state index in [9.17, 15) is 39.9 Å². The summed E-state index contributed by atoms with van der Waals surface area (Å²) in [6.45, 7) is 15.7. The Morgan fingerprint density at radius 3 is 1.76 bits per heavy atom. The van der Waals surface area contributed by atoms with Crippen LogP contribution in [0.4, 0.5) is 4.79 Å². The van der Waals surface area contributed by atoms with E-state index in [1.165, 1.54) is 0 Å². The van der Waals surface area contributed by atoms with Gasteiger partial charge in [0.05, 0.1) is 6.61 Å². The molecule has 11 nitrogen and oxygen atoms in total. The summed E-state index contributed by atoms with van der Waals surface area (Å²) >= 11 is 2.25. The number of hydrogen-bond acceptors (Lipinski definition) is 11. The van der Waals surface area contributed by atoms with Crippen LogP contribution < -0.4 is 0 Å². The molecule has 2 aliphatic rings. The van der Waals surface area contributed by atoms with Crippen molar-refractivity contribution in [2.75, 3.05) is 13.2 Å². The highest BCUT2D eigenvalue weighted by Crippen LogP contribution is 2.41. The first-order valence-corrected chi connectivity index (χ1v) is 20.2. The van der Waals surface area contributed by atoms with E-state index in [-0.39, 0.29) is 23.4 Å². The lowest BCUT2D eigenvalue weighted by Crippen LogP contribution is -2.47. The lowest BCUT2D eigenvalue weighted by Gasteiger charge is -2.36. The lowest BCUT2D eigenvalue weighted by molar-refractivity contribution is -0.133. The molecular weight excluding hydrogens is 855 g/mol. The molecule has 6 N–H and O–H groups in total. The van der Waals surface area contributed by atoms with E-state index in [2.05, 4.69) is 22.6 Å². The molecule has 6 unspecified atom stereocenters. The Kier molecular flexibility index (Phi) is 20.1. The topological polar surface area (TPSA) is 191 Å². The average Bonchev–Trinajstić information content (AvgIpc) is 3.15. The summed E-state index contributed by atoms with van der Waals surface area (Å²) in [5.41, 5.74) is 5.04. The number of aliphatic hydroxyl groups is 6. The van der Waals surface area contributed by atoms with Gasteiger partial charge in [0.15, 0.2) is 17.7 Å². The van der Waals surface area contributed by atoms with Crippen LogP contribution >= 0.6 is 22.6 Å². The van der Waals surface area contributed by atoms with Crippen molar-refractivity contribution in [1.29, 1.82) is 0 Å². The third-order valence-corrected chi connectivity index (χ3v) is 10.7. The zero-order valence-electron chi connectivity index (χ0n) is 35.0. The summed E-state index contributed by atoms with van der Waals surface area (Å²) < 4.78 is 11.1. The van der Waals surface area contributed by atoms with Gasteiger partial charge < -0.3 is 40.1 Å². The summed E-state index contributed by atoms with van der Waals surface area (Å²) in [5.74, 6) is -0.589. The number of allylic oxidation sites excluding steroid dienone is 20. The van der Waals surface area contributed by atoms with Gasteiger partial charge >= 0.3 is 6.16 Å². The average molecular weight is 917 g/mol. The second-order valence-electron chi connectivity index (χ2n) is 16.0. The molecule has 0 amide bonds. The Balaban J connectivity index is 1.95. The van der Waals surface area contributed by atoms with Crippen LogP contribution in [-0.2, 0) is 19.1 Å². The zero-order valence-corrected chi connectivity index (χ0v) is 37.1. The molecule has 0 fully saturated rings. The molecule has 0 aromatic heterocycles. The number of halogens is 1. The number of hydrogen-bond donors (Lipinski definition) is 6. The Hall–Kier alpha value is -3.76. The van der Waals surface area contributed by atoms with Crippen LogP contribution in [0.2, 0.25) is 0 Å². The van der Waals surface area contributed by atoms with Crippen molar-refractivity contribution < 1.29 is 54.5 Å². The van der Waals surface area contributed by atoms with Gasteiger partial charge in [0.25, 0.3) is 0 Å². The summed E-state index contributed by atoms with van der Waals surface area (Å²) in [5, 5.41) is 58.0. The summed E-state index contributed by atoms with van der Waals surface area (Å²) in [6, 6.07) is 0. The summed E-state index contributed by atoms with van der Waals surface area (Å²) in [6.07, 6.45) is 17.6. The van der Waals surface area contributed by atoms with E-state index >= 15 is 0 Å². The minimum absolute atomic E-state index is 0.179. The van der Waals surface area contributed by atoms with Crippen molar-refractivity contribution in [3.05, 3.63) is 128 Å². The maximum atomic E-state index is 13.2. The van der Waals surface area contributed by atoms with Gasteiger partial charge in [-0.3, -0.25) is 9.59 Å². The van der Waals surface area contributed by atoms with Crippen LogP contribution in [0.15, 0.2) is 128 Å². The molecule has 0 saturated carbocycles. The van der Waals surface area contributed by atoms with Gasteiger partial charge in [-0.2, -0.15) is 0 Å². The zero-order chi connectivity index (χ0) is 44.0. The quantitative estimate of drug-likeness (QED) is 0.0507. The maximum absolute atomic E-state index is 13.2. The van der Waals surface area contributed by atoms with E-state index in [1.54, 1.807) is 13.8 Å². The highest BCUT2D eigenvalue weighted by molar-refractivity contribution is 14.1. The van der Waals surface area contributed by atoms with Crippen LogP contribution in [0.3, 0.4) is 0 Å². The number of aliphatic hydroxyl groups excluding tert-OH is 6. The van der Waals surface area contributed by atoms with E-state index in [0.29, 0.717) is 17.6 Å². The third kappa shape index (κ3) is 15.4. The number of carbonyl (C=O) groups is 3. The largest absolute Gasteiger partial charge is 0.509 e. The fraction of sp³-hybridized carbons (Fsp3) is 0.457. The number of rotatable bonds is 17. The summed E-state index contributed by atoms with van der Waals surface area (Å²) in [7, 11) is 0. The van der Waals surface area contributed by atoms with Crippen molar-refractivity contribution >= 4 is 40.3 Å². The molecule has 6 atom stereocenters. The highest BCUT2D eigenvalue weighted by atomic mass is 127. The monoisotopic (exact) mass is 916 g/mol. The fourth-order valence-corrected chi connectivity index (χ4v) is 6.95. The third-order valence-electron chi connectivity index (χ3n) is 10.0. The predicted molar refractivity (Wildman–Crippen MR) is 235 cm³/mol. The molecular formula is C46H61IO11. The second kappa shape index (κ2) is 23.1. The molecule has 318 valence electrons. The molecule has 0 radical (unpaired) electrons. The van der Waals surface area contributed by atoms with Crippen molar-refractivity contribution in [3.63, 3.8) is 0 Å². The van der Waals surface area contributed by atoms with E-state index in [4.69, 9.17) is 14.6 Å². The van der Waals surface area contributed by atoms with E-state index < -0.39 is 61.4 Å². The fourth-order valence-electron chi connectivity index (χ4n) is 6.54. The van der Waals surface area contributed by atoms with Crippen molar-refractivity contribution in [2.45, 2.75) is 112 Å². The molecule has 2 rings (SSSR count). The molecule has 0 aliphatic heterocycles. The molecule has 0 aromatic rings. The Morgan fingerprint density at radius 1 is 0.724 bits per heavy atom. The molecule has 0 heterocycles. The molecule has 0 bridgehead atoms. The maximum Gasteiger partial charge on any atom is 0.509 e. The van der Waals surface area contributed by atoms with E-state index in [1.807, 2.05) is 134 Å². The van der Waals surface area contributed by atoms with Crippen molar-refractivity contribution in [2.24, 2.45) is 10.8 Å². The van der Waals surface area contributed by atoms with Gasteiger partial charge in [-0.1, -0.05) is 117 Å². The van der Waals surface area contributed by atoms with Gasteiger partial charge in [-0.05, 0) is 109 Å². The molecule has 0 spiro atoms. The highest BCUT2D eigenvalue weighted by Gasteiger charge is 2.41. The predicted octanol–water partition coefficient (Wildman–Crippen LogP) is 6.87. The van der Waals surface area contributed by atoms with Crippen LogP contribution in [0.25, 0.3) is 0 Å². The van der Waals surface area contributed by atoms with Crippen LogP contribution in [-0.4, -0.2) is 98.2 Å². The number of carbonyl (C=O) groups excluding carboxylic acids is 3. The number of ether oxygens (including phenoxy) is 2. The first-order chi connectivity index (χ1) is 27.0. The summed E-state index contributed by atoms with van der Waals surface area (Å²) in [4.78, 5) is 37.8. The first kappa shape index (κ1) is 50.4. The first-order valence-electron chi connectivity index (χ1n) is 19.1. The minimum atomic E-state index is -1.91. The van der Waals surface area contributed by atoms with Crippen LogP contribution in [0.1, 0.15) is 75.2 Å². The van der Waals surface area contributed by atoms with Crippen LogP contribution in [0, 0.1) is 10.8 Å². The van der Waals surface area contributed by atoms with Gasteiger partial charge in [0, 0.05) is 10.0 Å². The standard InChI is InChI=1S/C46H61IO11/c1-28(15-12-16-29(2)20-22-34-31(4)40(52)36(49)24-45(34,6)7)14-10-11-18-33(47)19-13-17-30(3)21-23-35-32(5)41(53)39(25-46(35,8)9)58-44(56)57-27-38(51)43(55)42(54)37(50)26-48/h10-23,36-39,42-43,48-51,54-55H,24-27H2,1-9H3/b11-10+,15-12+,19-13+,22-20+,23-21+,28-14+,29-16+,30-17+,33-18-. The van der Waals surface area contributed by atoms with Gasteiger partial charge in [0.1, 0.15) is 37.1 Å². The number of ketones is 2. The molecule has 58 heavy (non-hydrogen) atoms. The normalized spacial score (nSPS) is 23.6. The Morgan fingerprint density at radius 2 is 1.19 bits per heavy atom. The minimum Gasteiger partial charge on any atom is -0.431 e.